The van der Waals surface area contributed by atoms with Crippen molar-refractivity contribution in [3.8, 4) is 0 Å². The van der Waals surface area contributed by atoms with E-state index in [2.05, 4.69) is 12.2 Å². The van der Waals surface area contributed by atoms with Crippen LogP contribution in [-0.2, 0) is 9.59 Å². The lowest BCUT2D eigenvalue weighted by atomic mass is 10.4. The van der Waals surface area contributed by atoms with Gasteiger partial charge in [-0.25, -0.2) is 4.79 Å². The Hall–Kier alpha value is -1.32. The molecule has 11 heavy (non-hydrogen) atoms. The number of aliphatic carboxylic acids is 1. The minimum absolute atomic E-state index is 0.406. The molecule has 0 aliphatic rings. The summed E-state index contributed by atoms with van der Waals surface area (Å²) in [7, 11) is 0. The molecule has 1 amide bonds. The van der Waals surface area contributed by atoms with Crippen LogP contribution in [0.5, 0.6) is 0 Å². The number of carboxylic acids is 1. The van der Waals surface area contributed by atoms with E-state index in [0.29, 0.717) is 13.0 Å². The summed E-state index contributed by atoms with van der Waals surface area (Å²) >= 11 is 0. The Morgan fingerprint density at radius 3 is 2.55 bits per heavy atom. The van der Waals surface area contributed by atoms with Crippen LogP contribution in [0.4, 0.5) is 0 Å². The number of hydrogen-bond donors (Lipinski definition) is 2. The Morgan fingerprint density at radius 1 is 1.45 bits per heavy atom. The molecule has 0 saturated heterocycles. The number of carboxylic acid groups (broad SMARTS) is 1. The van der Waals surface area contributed by atoms with Gasteiger partial charge >= 0.3 is 5.97 Å². The fourth-order valence-corrected chi connectivity index (χ4v) is 0.417. The van der Waals surface area contributed by atoms with Crippen LogP contribution in [0, 0.1) is 6.92 Å². The van der Waals surface area contributed by atoms with Crippen molar-refractivity contribution < 1.29 is 14.7 Å². The maximum atomic E-state index is 10.6. The largest absolute Gasteiger partial charge is 0.478 e. The Morgan fingerprint density at radius 2 is 2.09 bits per heavy atom. The molecule has 0 heterocycles. The highest BCUT2D eigenvalue weighted by Gasteiger charge is 1.93. The predicted octanol–water partition coefficient (Wildman–Crippen LogP) is -0.0324. The zero-order valence-corrected chi connectivity index (χ0v) is 6.04. The van der Waals surface area contributed by atoms with Crippen molar-refractivity contribution in [1.82, 2.24) is 5.32 Å². The van der Waals surface area contributed by atoms with Gasteiger partial charge in [0.05, 0.1) is 0 Å². The van der Waals surface area contributed by atoms with Gasteiger partial charge in [-0.15, -0.1) is 0 Å². The highest BCUT2D eigenvalue weighted by molar-refractivity contribution is 5.93. The van der Waals surface area contributed by atoms with E-state index in [1.807, 2.05) is 0 Å². The van der Waals surface area contributed by atoms with Gasteiger partial charge in [0.2, 0.25) is 5.91 Å². The summed E-state index contributed by atoms with van der Waals surface area (Å²) in [5, 5.41) is 10.5. The van der Waals surface area contributed by atoms with Crippen LogP contribution < -0.4 is 5.32 Å². The van der Waals surface area contributed by atoms with Gasteiger partial charge in [-0.05, 0) is 6.42 Å². The van der Waals surface area contributed by atoms with Crippen LogP contribution >= 0.6 is 0 Å². The predicted molar refractivity (Wildman–Crippen MR) is 39.8 cm³/mol. The van der Waals surface area contributed by atoms with Gasteiger partial charge in [-0.2, -0.15) is 0 Å². The number of nitrogens with one attached hydrogen (secondary N) is 1. The summed E-state index contributed by atoms with van der Waals surface area (Å²) in [6.07, 6.45) is 2.35. The molecule has 0 atom stereocenters. The topological polar surface area (TPSA) is 66.4 Å². The average Bonchev–Trinajstić information content (AvgIpc) is 1.97. The summed E-state index contributed by atoms with van der Waals surface area (Å²) in [6.45, 7) is 3.96. The maximum Gasteiger partial charge on any atom is 0.328 e. The smallest absolute Gasteiger partial charge is 0.328 e. The van der Waals surface area contributed by atoms with Crippen molar-refractivity contribution in [1.29, 1.82) is 0 Å². The third kappa shape index (κ3) is 6.57. The molecule has 0 aliphatic heterocycles. The molecule has 0 saturated carbocycles. The van der Waals surface area contributed by atoms with E-state index in [1.165, 1.54) is 0 Å². The molecule has 4 nitrogen and oxygen atoms in total. The zero-order chi connectivity index (χ0) is 8.69. The monoisotopic (exact) mass is 156 g/mol. The zero-order valence-electron chi connectivity index (χ0n) is 6.04. The fourth-order valence-electron chi connectivity index (χ4n) is 0.417. The SMILES string of the molecule is [CH2]CCNC(=O)/C=C/C(=O)O. The van der Waals surface area contributed by atoms with Gasteiger partial charge in [0.1, 0.15) is 0 Å². The van der Waals surface area contributed by atoms with Crippen molar-refractivity contribution in [2.45, 2.75) is 6.42 Å². The number of carbonyl (C=O) groups is 2. The quantitative estimate of drug-likeness (QED) is 0.561. The van der Waals surface area contributed by atoms with Crippen LogP contribution in [0.1, 0.15) is 6.42 Å². The standard InChI is InChI=1S/C7H10NO3/c1-2-5-8-6(9)3-4-7(10)11/h3-4H,1-2,5H2,(H,8,9)(H,10,11)/b4-3+. The summed E-state index contributed by atoms with van der Waals surface area (Å²) in [4.78, 5) is 20.5. The molecule has 0 aromatic carbocycles. The van der Waals surface area contributed by atoms with Crippen LogP contribution in [-0.4, -0.2) is 23.5 Å². The molecule has 0 fully saturated rings. The number of hydrogen-bond acceptors (Lipinski definition) is 2. The van der Waals surface area contributed by atoms with Crippen molar-refractivity contribution in [2.24, 2.45) is 0 Å². The van der Waals surface area contributed by atoms with E-state index >= 15 is 0 Å². The number of carbonyl (C=O) groups excluding carboxylic acids is 1. The van der Waals surface area contributed by atoms with E-state index in [0.717, 1.165) is 12.2 Å². The third-order valence-corrected chi connectivity index (χ3v) is 0.853. The van der Waals surface area contributed by atoms with E-state index in [9.17, 15) is 9.59 Å². The molecule has 0 aromatic heterocycles. The summed E-state index contributed by atoms with van der Waals surface area (Å²) in [5.41, 5.74) is 0. The lowest BCUT2D eigenvalue weighted by Gasteiger charge is -1.95. The Balaban J connectivity index is 3.60. The molecule has 0 aliphatic carbocycles. The second-order valence-corrected chi connectivity index (χ2v) is 1.82. The molecule has 0 aromatic rings. The molecule has 0 spiro atoms. The van der Waals surface area contributed by atoms with Gasteiger partial charge in [0.25, 0.3) is 0 Å². The van der Waals surface area contributed by atoms with E-state index in [1.54, 1.807) is 0 Å². The first-order valence-corrected chi connectivity index (χ1v) is 3.15. The summed E-state index contributed by atoms with van der Waals surface area (Å²) in [6, 6.07) is 0. The molecule has 0 bridgehead atoms. The summed E-state index contributed by atoms with van der Waals surface area (Å²) < 4.78 is 0. The number of amides is 1. The molecule has 0 unspecified atom stereocenters. The van der Waals surface area contributed by atoms with Crippen LogP contribution in [0.3, 0.4) is 0 Å². The van der Waals surface area contributed by atoms with Gasteiger partial charge < -0.3 is 10.4 Å². The molecule has 4 heteroatoms. The van der Waals surface area contributed by atoms with Crippen molar-refractivity contribution in [3.05, 3.63) is 19.1 Å². The molecule has 2 N–H and O–H groups in total. The Kier molecular flexibility index (Phi) is 4.81. The van der Waals surface area contributed by atoms with Gasteiger partial charge in [-0.3, -0.25) is 4.79 Å². The highest BCUT2D eigenvalue weighted by Crippen LogP contribution is 1.75. The van der Waals surface area contributed by atoms with Crippen LogP contribution in [0.15, 0.2) is 12.2 Å². The molecule has 0 rings (SSSR count). The third-order valence-electron chi connectivity index (χ3n) is 0.853. The second-order valence-electron chi connectivity index (χ2n) is 1.82. The Labute approximate surface area is 64.9 Å². The fraction of sp³-hybridized carbons (Fsp3) is 0.286. The van der Waals surface area contributed by atoms with E-state index < -0.39 is 11.9 Å². The van der Waals surface area contributed by atoms with Crippen LogP contribution in [0.25, 0.3) is 0 Å². The molecular formula is C7H10NO3. The average molecular weight is 156 g/mol. The second kappa shape index (κ2) is 5.46. The lowest BCUT2D eigenvalue weighted by molar-refractivity contribution is -0.131. The van der Waals surface area contributed by atoms with Crippen molar-refractivity contribution in [3.63, 3.8) is 0 Å². The van der Waals surface area contributed by atoms with Gasteiger partial charge in [0.15, 0.2) is 0 Å². The van der Waals surface area contributed by atoms with Gasteiger partial charge in [0, 0.05) is 18.7 Å². The van der Waals surface area contributed by atoms with E-state index in [4.69, 9.17) is 5.11 Å². The van der Waals surface area contributed by atoms with Crippen LogP contribution in [0.2, 0.25) is 0 Å². The van der Waals surface area contributed by atoms with Crippen molar-refractivity contribution in [2.75, 3.05) is 6.54 Å². The number of rotatable bonds is 4. The minimum Gasteiger partial charge on any atom is -0.478 e. The lowest BCUT2D eigenvalue weighted by Crippen LogP contribution is -2.21. The molecular weight excluding hydrogens is 146 g/mol. The minimum atomic E-state index is -1.13. The molecule has 1 radical (unpaired) electrons. The summed E-state index contributed by atoms with van der Waals surface area (Å²) in [5.74, 6) is -1.54. The van der Waals surface area contributed by atoms with Gasteiger partial charge in [-0.1, -0.05) is 6.92 Å². The first kappa shape index (κ1) is 9.68. The molecule has 61 valence electrons. The van der Waals surface area contributed by atoms with Crippen molar-refractivity contribution >= 4 is 11.9 Å². The Bertz CT molecular complexity index is 175. The first-order chi connectivity index (χ1) is 5.16. The highest BCUT2D eigenvalue weighted by atomic mass is 16.4. The first-order valence-electron chi connectivity index (χ1n) is 3.15. The van der Waals surface area contributed by atoms with E-state index in [-0.39, 0.29) is 0 Å². The maximum absolute atomic E-state index is 10.6. The normalized spacial score (nSPS) is 9.91.